The molecule has 2 aromatic carbocycles. The number of benzene rings is 2. The second kappa shape index (κ2) is 9.90. The second-order valence-corrected chi connectivity index (χ2v) is 7.14. The minimum atomic E-state index is -0.873. The number of hydrogen-bond acceptors (Lipinski definition) is 7. The number of para-hydroxylation sites is 3. The highest BCUT2D eigenvalue weighted by Gasteiger charge is 2.33. The number of anilines is 1. The van der Waals surface area contributed by atoms with E-state index in [1.807, 2.05) is 30.3 Å². The number of amides is 2. The van der Waals surface area contributed by atoms with Crippen molar-refractivity contribution in [1.82, 2.24) is 5.32 Å². The number of nitrogens with zero attached hydrogens (tertiary/aromatic N) is 1. The van der Waals surface area contributed by atoms with Gasteiger partial charge in [0.2, 0.25) is 5.76 Å². The summed E-state index contributed by atoms with van der Waals surface area (Å²) in [5, 5.41) is 2.51. The van der Waals surface area contributed by atoms with Gasteiger partial charge in [0.25, 0.3) is 11.8 Å². The van der Waals surface area contributed by atoms with Crippen LogP contribution in [-0.2, 0) is 20.9 Å². The van der Waals surface area contributed by atoms with E-state index in [1.54, 1.807) is 30.3 Å². The Balaban J connectivity index is 1.36. The smallest absolute Gasteiger partial charge is 0.374 e. The maximum atomic E-state index is 12.8. The summed E-state index contributed by atoms with van der Waals surface area (Å²) in [6, 6.07) is 19.1. The Kier molecular flexibility index (Phi) is 6.58. The molecule has 0 aliphatic carbocycles. The molecule has 0 fully saturated rings. The third kappa shape index (κ3) is 5.15. The molecule has 33 heavy (non-hydrogen) atoms. The molecule has 1 N–H and O–H groups in total. The maximum absolute atomic E-state index is 12.8. The number of rotatable bonds is 7. The number of nitrogens with one attached hydrogen (secondary N) is 1. The molecular formula is C24H22N2O7. The molecule has 2 amide bonds. The Hall–Kier alpha value is -4.27. The summed E-state index contributed by atoms with van der Waals surface area (Å²) in [6.45, 7) is -0.388. The summed E-state index contributed by atoms with van der Waals surface area (Å²) in [5.41, 5.74) is 0.497. The molecule has 1 aliphatic heterocycles. The molecule has 1 aromatic heterocycles. The molecule has 1 atom stereocenters. The number of carbonyl (C=O) groups is 3. The molecule has 1 aliphatic rings. The van der Waals surface area contributed by atoms with Crippen LogP contribution >= 0.6 is 0 Å². The first-order valence-corrected chi connectivity index (χ1v) is 10.3. The molecule has 2 heterocycles. The van der Waals surface area contributed by atoms with Gasteiger partial charge in [0, 0.05) is 7.05 Å². The minimum absolute atomic E-state index is 0.00516. The molecule has 4 rings (SSSR count). The van der Waals surface area contributed by atoms with Crippen molar-refractivity contribution in [3.05, 3.63) is 78.3 Å². The Morgan fingerprint density at radius 2 is 1.79 bits per heavy atom. The topological polar surface area (TPSA) is 107 Å². The van der Waals surface area contributed by atoms with Gasteiger partial charge >= 0.3 is 5.97 Å². The van der Waals surface area contributed by atoms with Crippen LogP contribution in [0.2, 0.25) is 0 Å². The van der Waals surface area contributed by atoms with Crippen LogP contribution in [-0.4, -0.2) is 44.1 Å². The van der Waals surface area contributed by atoms with Gasteiger partial charge in [-0.3, -0.25) is 9.59 Å². The van der Waals surface area contributed by atoms with Gasteiger partial charge in [-0.05, 0) is 36.4 Å². The molecule has 0 bridgehead atoms. The van der Waals surface area contributed by atoms with E-state index in [0.717, 1.165) is 0 Å². The van der Waals surface area contributed by atoms with E-state index < -0.39 is 24.6 Å². The van der Waals surface area contributed by atoms with Crippen LogP contribution in [0.1, 0.15) is 16.3 Å². The van der Waals surface area contributed by atoms with Gasteiger partial charge in [-0.1, -0.05) is 30.3 Å². The third-order valence-corrected chi connectivity index (χ3v) is 4.93. The van der Waals surface area contributed by atoms with Crippen molar-refractivity contribution in [3.63, 3.8) is 0 Å². The molecular weight excluding hydrogens is 428 g/mol. The highest BCUT2D eigenvalue weighted by Crippen LogP contribution is 2.33. The monoisotopic (exact) mass is 450 g/mol. The van der Waals surface area contributed by atoms with Gasteiger partial charge in [0.1, 0.15) is 23.9 Å². The first-order chi connectivity index (χ1) is 16.0. The predicted molar refractivity (Wildman–Crippen MR) is 117 cm³/mol. The number of likely N-dealkylation sites (N-methyl/N-ethyl adjacent to an activating group) is 1. The maximum Gasteiger partial charge on any atom is 0.374 e. The predicted octanol–water partition coefficient (Wildman–Crippen LogP) is 2.56. The zero-order valence-electron chi connectivity index (χ0n) is 17.9. The van der Waals surface area contributed by atoms with Crippen molar-refractivity contribution in [2.45, 2.75) is 12.7 Å². The van der Waals surface area contributed by atoms with Gasteiger partial charge < -0.3 is 28.8 Å². The number of hydrogen-bond donors (Lipinski definition) is 1. The molecule has 9 heteroatoms. The lowest BCUT2D eigenvalue weighted by molar-refractivity contribution is -0.128. The zero-order valence-corrected chi connectivity index (χ0v) is 17.9. The van der Waals surface area contributed by atoms with Crippen LogP contribution in [0.15, 0.2) is 71.1 Å². The first kappa shape index (κ1) is 21.9. The summed E-state index contributed by atoms with van der Waals surface area (Å²) < 4.78 is 21.9. The van der Waals surface area contributed by atoms with Gasteiger partial charge in [0.15, 0.2) is 12.7 Å². The SMILES string of the molecule is CNC(=O)C1CN(C(=O)COC(=O)c2ccc(COc3ccccc3)o2)c2ccccc2O1. The van der Waals surface area contributed by atoms with E-state index in [2.05, 4.69) is 5.32 Å². The molecule has 1 unspecified atom stereocenters. The number of esters is 1. The Bertz CT molecular complexity index is 1140. The van der Waals surface area contributed by atoms with E-state index in [4.69, 9.17) is 18.6 Å². The lowest BCUT2D eigenvalue weighted by Crippen LogP contribution is -2.51. The van der Waals surface area contributed by atoms with Crippen LogP contribution < -0.4 is 19.7 Å². The van der Waals surface area contributed by atoms with E-state index in [9.17, 15) is 14.4 Å². The summed E-state index contributed by atoms with van der Waals surface area (Å²) in [6.07, 6.45) is -0.873. The fraction of sp³-hybridized carbons (Fsp3) is 0.208. The lowest BCUT2D eigenvalue weighted by Gasteiger charge is -2.33. The average Bonchev–Trinajstić information content (AvgIpc) is 3.34. The highest BCUT2D eigenvalue weighted by atomic mass is 16.6. The highest BCUT2D eigenvalue weighted by molar-refractivity contribution is 5.99. The molecule has 0 saturated carbocycles. The van der Waals surface area contributed by atoms with Crippen LogP contribution in [0, 0.1) is 0 Å². The standard InChI is InChI=1S/C24H22N2O7/c1-25-23(28)21-13-26(18-9-5-6-10-19(18)33-21)22(27)15-31-24(29)20-12-11-17(32-20)14-30-16-7-3-2-4-8-16/h2-12,21H,13-15H2,1H3,(H,25,28). The van der Waals surface area contributed by atoms with Crippen molar-refractivity contribution in [2.24, 2.45) is 0 Å². The molecule has 0 spiro atoms. The van der Waals surface area contributed by atoms with Gasteiger partial charge in [0.05, 0.1) is 12.2 Å². The number of ether oxygens (including phenoxy) is 3. The van der Waals surface area contributed by atoms with Crippen molar-refractivity contribution in [3.8, 4) is 11.5 Å². The molecule has 9 nitrogen and oxygen atoms in total. The average molecular weight is 450 g/mol. The van der Waals surface area contributed by atoms with Gasteiger partial charge in [-0.15, -0.1) is 0 Å². The van der Waals surface area contributed by atoms with Crippen LogP contribution in [0.5, 0.6) is 11.5 Å². The fourth-order valence-electron chi connectivity index (χ4n) is 3.28. The number of furan rings is 1. The largest absolute Gasteiger partial charge is 0.486 e. The third-order valence-electron chi connectivity index (χ3n) is 4.93. The van der Waals surface area contributed by atoms with E-state index in [0.29, 0.717) is 22.9 Å². The Morgan fingerprint density at radius 1 is 1.03 bits per heavy atom. The summed E-state index contributed by atoms with van der Waals surface area (Å²) in [4.78, 5) is 38.6. The Labute approximate surface area is 189 Å². The normalized spacial score (nSPS) is 14.6. The van der Waals surface area contributed by atoms with Crippen LogP contribution in [0.25, 0.3) is 0 Å². The minimum Gasteiger partial charge on any atom is -0.486 e. The molecule has 170 valence electrons. The summed E-state index contributed by atoms with van der Waals surface area (Å²) in [7, 11) is 1.49. The molecule has 3 aromatic rings. The molecule has 0 saturated heterocycles. The molecule has 0 radical (unpaired) electrons. The summed E-state index contributed by atoms with van der Waals surface area (Å²) in [5.74, 6) is -0.172. The summed E-state index contributed by atoms with van der Waals surface area (Å²) >= 11 is 0. The quantitative estimate of drug-likeness (QED) is 0.551. The van der Waals surface area contributed by atoms with Crippen molar-refractivity contribution in [2.75, 3.05) is 25.1 Å². The van der Waals surface area contributed by atoms with E-state index >= 15 is 0 Å². The van der Waals surface area contributed by atoms with Crippen molar-refractivity contribution in [1.29, 1.82) is 0 Å². The van der Waals surface area contributed by atoms with Crippen molar-refractivity contribution < 1.29 is 33.0 Å². The first-order valence-electron chi connectivity index (χ1n) is 10.3. The number of carbonyl (C=O) groups excluding carboxylic acids is 3. The Morgan fingerprint density at radius 3 is 2.58 bits per heavy atom. The lowest BCUT2D eigenvalue weighted by atomic mass is 10.1. The fourth-order valence-corrected chi connectivity index (χ4v) is 3.28. The number of fused-ring (bicyclic) bond motifs is 1. The van der Waals surface area contributed by atoms with Crippen LogP contribution in [0.4, 0.5) is 5.69 Å². The van der Waals surface area contributed by atoms with Crippen molar-refractivity contribution >= 4 is 23.5 Å². The van der Waals surface area contributed by atoms with E-state index in [-0.39, 0.29) is 24.8 Å². The van der Waals surface area contributed by atoms with Crippen LogP contribution in [0.3, 0.4) is 0 Å². The van der Waals surface area contributed by atoms with Gasteiger partial charge in [-0.25, -0.2) is 4.79 Å². The zero-order chi connectivity index (χ0) is 23.2. The van der Waals surface area contributed by atoms with Gasteiger partial charge in [-0.2, -0.15) is 0 Å². The van der Waals surface area contributed by atoms with E-state index in [1.165, 1.54) is 18.0 Å². The second-order valence-electron chi connectivity index (χ2n) is 7.14.